The largest absolute Gasteiger partial charge is 2.00 e. The van der Waals surface area contributed by atoms with E-state index in [4.69, 9.17) is 14.7 Å². The van der Waals surface area contributed by atoms with Crippen molar-refractivity contribution in [2.75, 3.05) is 6.61 Å². The first-order valence-corrected chi connectivity index (χ1v) is 20.5. The van der Waals surface area contributed by atoms with Crippen molar-refractivity contribution in [3.63, 3.8) is 0 Å². The Morgan fingerprint density at radius 2 is 1.07 bits per heavy atom. The summed E-state index contributed by atoms with van der Waals surface area (Å²) in [5.41, 5.74) is 16.0. The van der Waals surface area contributed by atoms with E-state index in [9.17, 15) is 13.6 Å². The Bertz CT molecular complexity index is 2490. The van der Waals surface area contributed by atoms with Gasteiger partial charge >= 0.3 is 25.4 Å². The minimum Gasteiger partial charge on any atom is -0.660 e. The van der Waals surface area contributed by atoms with Crippen LogP contribution in [0.5, 0.6) is 0 Å². The summed E-state index contributed by atoms with van der Waals surface area (Å²) in [6.45, 7) is 32.0. The van der Waals surface area contributed by atoms with Gasteiger partial charge in [-0.1, -0.05) is 122 Å². The molecule has 0 amide bonds. The number of benzene rings is 2. The van der Waals surface area contributed by atoms with Gasteiger partial charge in [0.1, 0.15) is 11.6 Å². The molecule has 6 rings (SSSR count). The fourth-order valence-electron chi connectivity index (χ4n) is 7.83. The number of aromatic nitrogens is 2. The first-order chi connectivity index (χ1) is 27.5. The molecule has 0 N–H and O–H groups in total. The average molecular weight is 864 g/mol. The zero-order valence-corrected chi connectivity index (χ0v) is 41.6. The van der Waals surface area contributed by atoms with Gasteiger partial charge in [-0.05, 0) is 110 Å². The third-order valence-electron chi connectivity index (χ3n) is 11.3. The van der Waals surface area contributed by atoms with Crippen LogP contribution in [0.25, 0.3) is 11.1 Å². The molecule has 0 bridgehead atoms. The molecule has 9 heteroatoms. The van der Waals surface area contributed by atoms with Gasteiger partial charge in [-0.15, -0.1) is 17.1 Å². The number of aryl methyl sites for hydroxylation is 2. The first kappa shape index (κ1) is 47.9. The van der Waals surface area contributed by atoms with E-state index >= 15 is 0 Å². The van der Waals surface area contributed by atoms with Crippen molar-refractivity contribution in [2.45, 2.75) is 128 Å². The molecule has 4 aromatic rings. The third-order valence-corrected chi connectivity index (χ3v) is 11.3. The molecule has 2 aliphatic heterocycles. The molecule has 0 unspecified atom stereocenters. The van der Waals surface area contributed by atoms with E-state index in [1.807, 2.05) is 26.0 Å². The normalized spacial score (nSPS) is 16.0. The Morgan fingerprint density at radius 1 is 0.633 bits per heavy atom. The smallest absolute Gasteiger partial charge is 0.660 e. The topological polar surface area (TPSA) is 79.2 Å². The SMILES string of the molecule is CCOC(=O)C1=C(C)/C(=C(\c2ccc(C(C)(C)C)cc2)c2[n-]c(C)c(F)c2C)N=C1C.CCc1c(C)[n-]c(/C(=C2\N=C(C)C(F)=C2C)c2ccc(C(C)(C)C)cc2)c1C.[Zn+2]. The predicted molar refractivity (Wildman–Crippen MR) is 239 cm³/mol. The molecule has 0 spiro atoms. The number of hydrogen-bond donors (Lipinski definition) is 0. The van der Waals surface area contributed by atoms with E-state index in [-0.39, 0.29) is 48.6 Å². The number of aliphatic imine (C=N–C) groups is 2. The second kappa shape index (κ2) is 18.5. The van der Waals surface area contributed by atoms with Crippen LogP contribution in [0.4, 0.5) is 8.78 Å². The molecule has 2 aromatic heterocycles. The van der Waals surface area contributed by atoms with Gasteiger partial charge in [0.15, 0.2) is 0 Å². The van der Waals surface area contributed by atoms with Crippen LogP contribution >= 0.6 is 0 Å². The summed E-state index contributed by atoms with van der Waals surface area (Å²) in [6.07, 6.45) is 0.932. The fraction of sp³-hybridized carbons (Fsp3) is 0.392. The van der Waals surface area contributed by atoms with E-state index in [1.54, 1.807) is 41.5 Å². The van der Waals surface area contributed by atoms with Crippen LogP contribution in [-0.4, -0.2) is 24.0 Å². The number of hydrogen-bond acceptors (Lipinski definition) is 4. The second-order valence-corrected chi connectivity index (χ2v) is 17.6. The van der Waals surface area contributed by atoms with Gasteiger partial charge < -0.3 is 14.7 Å². The molecule has 0 saturated carbocycles. The molecule has 0 aliphatic carbocycles. The molecule has 2 aromatic carbocycles. The van der Waals surface area contributed by atoms with Crippen LogP contribution in [-0.2, 0) is 46.3 Å². The molecule has 0 atom stereocenters. The number of rotatable bonds is 7. The number of esters is 1. The molecule has 0 saturated heterocycles. The Labute approximate surface area is 369 Å². The van der Waals surface area contributed by atoms with Crippen LogP contribution in [0.2, 0.25) is 0 Å². The molecule has 2 aliphatic rings. The number of ether oxygens (including phenoxy) is 1. The van der Waals surface area contributed by atoms with E-state index in [2.05, 4.69) is 102 Å². The van der Waals surface area contributed by atoms with Gasteiger partial charge in [0, 0.05) is 5.57 Å². The Morgan fingerprint density at radius 3 is 1.43 bits per heavy atom. The fourth-order valence-corrected chi connectivity index (χ4v) is 7.83. The van der Waals surface area contributed by atoms with Crippen molar-refractivity contribution in [1.29, 1.82) is 0 Å². The van der Waals surface area contributed by atoms with Gasteiger partial charge in [-0.3, -0.25) is 4.99 Å². The minimum atomic E-state index is -0.395. The number of allylic oxidation sites excluding steroid dienone is 3. The van der Waals surface area contributed by atoms with E-state index < -0.39 is 5.97 Å². The summed E-state index contributed by atoms with van der Waals surface area (Å²) in [4.78, 5) is 31.2. The molecule has 4 heterocycles. The summed E-state index contributed by atoms with van der Waals surface area (Å²) < 4.78 is 34.4. The molecule has 60 heavy (non-hydrogen) atoms. The summed E-state index contributed by atoms with van der Waals surface area (Å²) >= 11 is 0. The molecule has 6 nitrogen and oxygen atoms in total. The molecular weight excluding hydrogens is 804 g/mol. The van der Waals surface area contributed by atoms with Gasteiger partial charge in [-0.2, -0.15) is 5.69 Å². The van der Waals surface area contributed by atoms with E-state index in [0.717, 1.165) is 45.6 Å². The van der Waals surface area contributed by atoms with Gasteiger partial charge in [0.2, 0.25) is 0 Å². The van der Waals surface area contributed by atoms with Crippen molar-refractivity contribution in [3.05, 3.63) is 150 Å². The van der Waals surface area contributed by atoms with Crippen LogP contribution in [0.1, 0.15) is 145 Å². The Balaban J connectivity index is 0.000000262. The number of carbonyl (C=O) groups is 1. The minimum absolute atomic E-state index is 0. The summed E-state index contributed by atoms with van der Waals surface area (Å²) in [5, 5.41) is 0. The number of nitrogens with zero attached hydrogens (tertiary/aromatic N) is 4. The van der Waals surface area contributed by atoms with Crippen LogP contribution in [0.15, 0.2) is 92.5 Å². The van der Waals surface area contributed by atoms with Crippen molar-refractivity contribution < 1.29 is 37.8 Å². The molecular formula is C51H60F2N4O2Zn. The van der Waals surface area contributed by atoms with Crippen molar-refractivity contribution in [3.8, 4) is 0 Å². The zero-order chi connectivity index (χ0) is 43.9. The first-order valence-electron chi connectivity index (χ1n) is 20.5. The third kappa shape index (κ3) is 9.42. The van der Waals surface area contributed by atoms with Crippen molar-refractivity contribution >= 4 is 28.5 Å². The maximum Gasteiger partial charge on any atom is 2.00 e. The van der Waals surface area contributed by atoms with E-state index in [0.29, 0.717) is 56.5 Å². The number of halogens is 2. The Hall–Kier alpha value is -4.75. The van der Waals surface area contributed by atoms with E-state index in [1.165, 1.54) is 16.7 Å². The summed E-state index contributed by atoms with van der Waals surface area (Å²) in [7, 11) is 0. The van der Waals surface area contributed by atoms with Crippen LogP contribution < -0.4 is 9.97 Å². The van der Waals surface area contributed by atoms with Gasteiger partial charge in [0.05, 0.1) is 35.0 Å². The maximum atomic E-state index is 14.6. The average Bonchev–Trinajstić information content (AvgIpc) is 3.81. The molecule has 0 radical (unpaired) electrons. The molecule has 312 valence electrons. The summed E-state index contributed by atoms with van der Waals surface area (Å²) in [5.74, 6) is -0.936. The standard InChI is InChI=1S/C26H31FN2O2.C25H30FN2.Zn/c1-9-31-25(30)20-14(2)23(28-16(20)4)21(24-15(3)22(27)17(5)29-24)18-10-12-19(13-11-18)26(6,7)8;1-9-20-14(2)23(27-16(20)4)21(24-15(3)22(26)17(5)28-24)18-10-12-19(13-11-18)25(6,7)8;/h10-13H,9H2,1-8H3,(H,28,29,30);10-13H,9H2,1-8H3;/q;-1;+2/p-1/b;24-21-;. The molecule has 0 fully saturated rings. The van der Waals surface area contributed by atoms with Crippen molar-refractivity contribution in [1.82, 2.24) is 9.97 Å². The summed E-state index contributed by atoms with van der Waals surface area (Å²) in [6, 6.07) is 16.7. The van der Waals surface area contributed by atoms with Gasteiger partial charge in [0.25, 0.3) is 0 Å². The van der Waals surface area contributed by atoms with Crippen LogP contribution in [0.3, 0.4) is 0 Å². The van der Waals surface area contributed by atoms with Gasteiger partial charge in [-0.25, -0.2) is 18.6 Å². The van der Waals surface area contributed by atoms with Crippen molar-refractivity contribution in [2.24, 2.45) is 9.98 Å². The Kier molecular flexibility index (Phi) is 14.8. The quantitative estimate of drug-likeness (QED) is 0.137. The number of carbonyl (C=O) groups excluding carboxylic acids is 1. The monoisotopic (exact) mass is 862 g/mol. The predicted octanol–water partition coefficient (Wildman–Crippen LogP) is 12.4. The van der Waals surface area contributed by atoms with Crippen LogP contribution in [0, 0.1) is 33.5 Å². The zero-order valence-electron chi connectivity index (χ0n) is 38.6. The maximum absolute atomic E-state index is 14.6. The second-order valence-electron chi connectivity index (χ2n) is 17.6.